The van der Waals surface area contributed by atoms with Crippen molar-refractivity contribution in [2.75, 3.05) is 23.4 Å². The predicted octanol–water partition coefficient (Wildman–Crippen LogP) is 5.02. The number of hydrogen-bond donors (Lipinski definition) is 2. The number of aromatic nitrogens is 2. The topological polar surface area (TPSA) is 87.2 Å². The van der Waals surface area contributed by atoms with Gasteiger partial charge in [-0.15, -0.1) is 22.0 Å². The molecule has 1 saturated heterocycles. The quantitative estimate of drug-likeness (QED) is 0.525. The van der Waals surface area contributed by atoms with Gasteiger partial charge in [-0.3, -0.25) is 4.79 Å². The Morgan fingerprint density at radius 2 is 1.94 bits per heavy atom. The highest BCUT2D eigenvalue weighted by molar-refractivity contribution is 7.98. The van der Waals surface area contributed by atoms with Gasteiger partial charge >= 0.3 is 6.03 Å². The standard InChI is InChI=1S/C21H20FN5O2S2/c1-30-16-5-2-4-15(12-16)24-21(29)27-11-3-6-17(27)19-25-26-20(31-19)18(28)23-14-9-7-13(22)8-10-14/h2,4-5,7-10,12,17H,3,6,11H2,1H3,(H,23,28)(H,24,29)/t17-/m0/s1. The van der Waals surface area contributed by atoms with Crippen molar-refractivity contribution in [1.29, 1.82) is 0 Å². The molecule has 0 spiro atoms. The van der Waals surface area contributed by atoms with Gasteiger partial charge in [-0.1, -0.05) is 17.4 Å². The zero-order valence-corrected chi connectivity index (χ0v) is 18.3. The van der Waals surface area contributed by atoms with Crippen molar-refractivity contribution in [3.05, 3.63) is 64.4 Å². The second kappa shape index (κ2) is 9.44. The van der Waals surface area contributed by atoms with E-state index in [-0.39, 0.29) is 22.9 Å². The molecule has 1 fully saturated rings. The third-order valence-electron chi connectivity index (χ3n) is 4.86. The number of halogens is 1. The predicted molar refractivity (Wildman–Crippen MR) is 120 cm³/mol. The van der Waals surface area contributed by atoms with Crippen LogP contribution in [0.5, 0.6) is 0 Å². The van der Waals surface area contributed by atoms with Crippen LogP contribution in [0.3, 0.4) is 0 Å². The maximum atomic E-state index is 13.0. The van der Waals surface area contributed by atoms with Gasteiger partial charge < -0.3 is 15.5 Å². The summed E-state index contributed by atoms with van der Waals surface area (Å²) in [5, 5.41) is 14.6. The molecule has 31 heavy (non-hydrogen) atoms. The first-order valence-corrected chi connectivity index (χ1v) is 11.7. The number of carbonyl (C=O) groups excluding carboxylic acids is 2. The van der Waals surface area contributed by atoms with Crippen LogP contribution in [0.15, 0.2) is 53.4 Å². The Kier molecular flexibility index (Phi) is 6.47. The minimum Gasteiger partial charge on any atom is -0.320 e. The molecule has 0 unspecified atom stereocenters. The van der Waals surface area contributed by atoms with Gasteiger partial charge in [0.1, 0.15) is 10.8 Å². The van der Waals surface area contributed by atoms with Gasteiger partial charge in [0.2, 0.25) is 5.01 Å². The molecule has 0 saturated carbocycles. The second-order valence-corrected chi connectivity index (χ2v) is 8.81. The van der Waals surface area contributed by atoms with Gasteiger partial charge in [0, 0.05) is 22.8 Å². The highest BCUT2D eigenvalue weighted by Crippen LogP contribution is 2.34. The Labute approximate surface area is 187 Å². The fraction of sp³-hybridized carbons (Fsp3) is 0.238. The number of thioether (sulfide) groups is 1. The molecule has 1 atom stereocenters. The molecule has 2 aromatic carbocycles. The zero-order chi connectivity index (χ0) is 21.8. The summed E-state index contributed by atoms with van der Waals surface area (Å²) in [7, 11) is 0. The number of likely N-dealkylation sites (tertiary alicyclic amines) is 1. The van der Waals surface area contributed by atoms with Crippen molar-refractivity contribution in [2.24, 2.45) is 0 Å². The maximum Gasteiger partial charge on any atom is 0.322 e. The van der Waals surface area contributed by atoms with Gasteiger partial charge in [-0.2, -0.15) is 0 Å². The summed E-state index contributed by atoms with van der Waals surface area (Å²) in [6.07, 6.45) is 3.59. The van der Waals surface area contributed by atoms with E-state index in [0.29, 0.717) is 17.2 Å². The number of carbonyl (C=O) groups is 2. The molecule has 1 aliphatic rings. The van der Waals surface area contributed by atoms with E-state index in [9.17, 15) is 14.0 Å². The number of hydrogen-bond acceptors (Lipinski definition) is 6. The number of nitrogens with one attached hydrogen (secondary N) is 2. The SMILES string of the molecule is CSc1cccc(NC(=O)N2CCC[C@H]2c2nnc(C(=O)Nc3ccc(F)cc3)s2)c1. The van der Waals surface area contributed by atoms with E-state index in [1.165, 1.54) is 24.3 Å². The first-order valence-electron chi connectivity index (χ1n) is 9.65. The van der Waals surface area contributed by atoms with Crippen LogP contribution in [0.25, 0.3) is 0 Å². The van der Waals surface area contributed by atoms with E-state index in [4.69, 9.17) is 0 Å². The third-order valence-corrected chi connectivity index (χ3v) is 6.61. The van der Waals surface area contributed by atoms with Crippen LogP contribution in [-0.4, -0.2) is 39.8 Å². The van der Waals surface area contributed by atoms with Crippen molar-refractivity contribution in [1.82, 2.24) is 15.1 Å². The van der Waals surface area contributed by atoms with E-state index in [1.807, 2.05) is 30.5 Å². The minimum atomic E-state index is -0.418. The Balaban J connectivity index is 1.43. The Morgan fingerprint density at radius 3 is 2.71 bits per heavy atom. The van der Waals surface area contributed by atoms with E-state index < -0.39 is 5.91 Å². The van der Waals surface area contributed by atoms with Crippen LogP contribution >= 0.6 is 23.1 Å². The second-order valence-electron chi connectivity index (χ2n) is 6.92. The fourth-order valence-corrected chi connectivity index (χ4v) is 4.69. The van der Waals surface area contributed by atoms with Crippen LogP contribution in [0.1, 0.15) is 33.7 Å². The summed E-state index contributed by atoms with van der Waals surface area (Å²) >= 11 is 2.77. The minimum absolute atomic E-state index is 0.194. The molecule has 1 aliphatic heterocycles. The van der Waals surface area contributed by atoms with Gasteiger partial charge in [0.05, 0.1) is 6.04 Å². The molecule has 160 valence electrons. The highest BCUT2D eigenvalue weighted by atomic mass is 32.2. The Morgan fingerprint density at radius 1 is 1.13 bits per heavy atom. The van der Waals surface area contributed by atoms with E-state index >= 15 is 0 Å². The summed E-state index contributed by atoms with van der Waals surface area (Å²) in [6, 6.07) is 12.7. The largest absolute Gasteiger partial charge is 0.322 e. The van der Waals surface area contributed by atoms with Gasteiger partial charge in [-0.25, -0.2) is 9.18 Å². The van der Waals surface area contributed by atoms with Crippen molar-refractivity contribution in [2.45, 2.75) is 23.8 Å². The molecule has 2 N–H and O–H groups in total. The zero-order valence-electron chi connectivity index (χ0n) is 16.7. The molecule has 0 aliphatic carbocycles. The molecule has 7 nitrogen and oxygen atoms in total. The average Bonchev–Trinajstić information content (AvgIpc) is 3.45. The third kappa shape index (κ3) is 5.02. The Bertz CT molecular complexity index is 1090. The molecule has 0 bridgehead atoms. The molecule has 2 heterocycles. The smallest absolute Gasteiger partial charge is 0.320 e. The Hall–Kier alpha value is -2.98. The van der Waals surface area contributed by atoms with Crippen LogP contribution in [0.2, 0.25) is 0 Å². The number of benzene rings is 2. The number of nitrogens with zero attached hydrogens (tertiary/aromatic N) is 3. The number of urea groups is 1. The lowest BCUT2D eigenvalue weighted by Gasteiger charge is -2.23. The molecule has 10 heteroatoms. The van der Waals surface area contributed by atoms with Crippen LogP contribution in [-0.2, 0) is 0 Å². The summed E-state index contributed by atoms with van der Waals surface area (Å²) in [6.45, 7) is 0.607. The lowest BCUT2D eigenvalue weighted by Crippen LogP contribution is -2.34. The average molecular weight is 458 g/mol. The van der Waals surface area contributed by atoms with E-state index in [1.54, 1.807) is 16.7 Å². The molecule has 4 rings (SSSR count). The first-order chi connectivity index (χ1) is 15.0. The summed E-state index contributed by atoms with van der Waals surface area (Å²) in [5.41, 5.74) is 1.21. The normalized spacial score (nSPS) is 15.7. The molecular formula is C21H20FN5O2S2. The fourth-order valence-electron chi connectivity index (χ4n) is 3.34. The van der Waals surface area contributed by atoms with Crippen molar-refractivity contribution >= 4 is 46.4 Å². The lowest BCUT2D eigenvalue weighted by atomic mass is 10.2. The number of anilines is 2. The molecule has 0 radical (unpaired) electrons. The van der Waals surface area contributed by atoms with Crippen LogP contribution < -0.4 is 10.6 Å². The van der Waals surface area contributed by atoms with E-state index in [2.05, 4.69) is 20.8 Å². The van der Waals surface area contributed by atoms with Crippen molar-refractivity contribution in [3.63, 3.8) is 0 Å². The van der Waals surface area contributed by atoms with Crippen LogP contribution in [0, 0.1) is 5.82 Å². The lowest BCUT2D eigenvalue weighted by molar-refractivity contribution is 0.102. The molecule has 1 aromatic heterocycles. The summed E-state index contributed by atoms with van der Waals surface area (Å²) in [4.78, 5) is 28.1. The van der Waals surface area contributed by atoms with Gasteiger partial charge in [0.15, 0.2) is 0 Å². The molecule has 3 amide bonds. The maximum absolute atomic E-state index is 13.0. The van der Waals surface area contributed by atoms with Crippen molar-refractivity contribution in [3.8, 4) is 0 Å². The van der Waals surface area contributed by atoms with Gasteiger partial charge in [0.25, 0.3) is 5.91 Å². The highest BCUT2D eigenvalue weighted by Gasteiger charge is 2.33. The van der Waals surface area contributed by atoms with Crippen LogP contribution in [0.4, 0.5) is 20.6 Å². The molecule has 3 aromatic rings. The van der Waals surface area contributed by atoms with Gasteiger partial charge in [-0.05, 0) is 61.6 Å². The monoisotopic (exact) mass is 457 g/mol. The summed E-state index contributed by atoms with van der Waals surface area (Å²) < 4.78 is 13.0. The number of amides is 3. The van der Waals surface area contributed by atoms with E-state index in [0.717, 1.165) is 34.8 Å². The summed E-state index contributed by atoms with van der Waals surface area (Å²) in [5.74, 6) is -0.797. The van der Waals surface area contributed by atoms with Crippen molar-refractivity contribution < 1.29 is 14.0 Å². The molecular weight excluding hydrogens is 437 g/mol. The first kappa shape index (κ1) is 21.3. The number of rotatable bonds is 5.